The van der Waals surface area contributed by atoms with Gasteiger partial charge in [0.25, 0.3) is 0 Å². The zero-order valence-electron chi connectivity index (χ0n) is 20.2. The maximum absolute atomic E-state index is 13.0. The van der Waals surface area contributed by atoms with Crippen molar-refractivity contribution in [1.82, 2.24) is 29.5 Å². The van der Waals surface area contributed by atoms with Gasteiger partial charge in [0.05, 0.1) is 17.1 Å². The van der Waals surface area contributed by atoms with E-state index >= 15 is 0 Å². The molecule has 0 saturated heterocycles. The first kappa shape index (κ1) is 23.5. The molecule has 0 fully saturated rings. The molecule has 0 aliphatic heterocycles. The number of hydrogen-bond acceptors (Lipinski definition) is 6. The zero-order chi connectivity index (χ0) is 25.1. The van der Waals surface area contributed by atoms with Crippen LogP contribution in [-0.2, 0) is 11.8 Å². The number of carbonyl (C=O) groups excluding carboxylic acids is 1. The number of rotatable bonds is 7. The van der Waals surface area contributed by atoms with Crippen molar-refractivity contribution >= 4 is 23.5 Å². The van der Waals surface area contributed by atoms with Crippen molar-refractivity contribution in [3.63, 3.8) is 0 Å². The highest BCUT2D eigenvalue weighted by Gasteiger charge is 2.17. The predicted octanol–water partition coefficient (Wildman–Crippen LogP) is 5.08. The van der Waals surface area contributed by atoms with Gasteiger partial charge in [-0.25, -0.2) is 4.68 Å². The number of anilines is 1. The smallest absolute Gasteiger partial charge is 0.236 e. The van der Waals surface area contributed by atoms with Crippen molar-refractivity contribution < 1.29 is 4.79 Å². The standard InChI is InChI=1S/C27H25N7OS/c1-18-11-12-19(2)22(14-18)23-15-24(34(32-23)21-9-5-4-6-10-21)29-25(35)17-36-27-31-30-26(33(27)3)20-8-7-13-28-16-20/h4-16H,17H2,1-3H3,(H,29,35). The molecule has 180 valence electrons. The molecule has 0 atom stereocenters. The fourth-order valence-electron chi connectivity index (χ4n) is 3.88. The molecular formula is C27H25N7OS. The number of amides is 1. The number of para-hydroxylation sites is 1. The van der Waals surface area contributed by atoms with Gasteiger partial charge in [-0.1, -0.05) is 47.7 Å². The van der Waals surface area contributed by atoms with E-state index in [9.17, 15) is 4.79 Å². The summed E-state index contributed by atoms with van der Waals surface area (Å²) in [5.41, 5.74) is 5.86. The first-order chi connectivity index (χ1) is 17.5. The average Bonchev–Trinajstić information content (AvgIpc) is 3.48. The van der Waals surface area contributed by atoms with E-state index in [1.165, 1.54) is 11.8 Å². The highest BCUT2D eigenvalue weighted by molar-refractivity contribution is 7.99. The van der Waals surface area contributed by atoms with Gasteiger partial charge >= 0.3 is 0 Å². The van der Waals surface area contributed by atoms with Gasteiger partial charge in [0.2, 0.25) is 5.91 Å². The molecule has 2 aromatic carbocycles. The van der Waals surface area contributed by atoms with E-state index in [1.54, 1.807) is 17.1 Å². The van der Waals surface area contributed by atoms with Crippen LogP contribution in [-0.4, -0.2) is 41.2 Å². The van der Waals surface area contributed by atoms with Crippen LogP contribution in [0.3, 0.4) is 0 Å². The molecule has 5 rings (SSSR count). The van der Waals surface area contributed by atoms with Crippen LogP contribution >= 0.6 is 11.8 Å². The summed E-state index contributed by atoms with van der Waals surface area (Å²) in [5, 5.41) is 17.0. The van der Waals surface area contributed by atoms with E-state index in [2.05, 4.69) is 52.5 Å². The summed E-state index contributed by atoms with van der Waals surface area (Å²) in [7, 11) is 1.88. The largest absolute Gasteiger partial charge is 0.310 e. The van der Waals surface area contributed by atoms with Crippen molar-refractivity contribution in [3.8, 4) is 28.3 Å². The summed E-state index contributed by atoms with van der Waals surface area (Å²) in [4.78, 5) is 17.1. The van der Waals surface area contributed by atoms with E-state index < -0.39 is 0 Å². The van der Waals surface area contributed by atoms with Crippen LogP contribution in [0.1, 0.15) is 11.1 Å². The third-order valence-electron chi connectivity index (χ3n) is 5.73. The fourth-order valence-corrected chi connectivity index (χ4v) is 4.59. The highest BCUT2D eigenvalue weighted by atomic mass is 32.2. The molecule has 3 aromatic heterocycles. The second-order valence-corrected chi connectivity index (χ2v) is 9.37. The number of nitrogens with one attached hydrogen (secondary N) is 1. The number of thioether (sulfide) groups is 1. The van der Waals surface area contributed by atoms with Gasteiger partial charge in [-0.3, -0.25) is 9.78 Å². The van der Waals surface area contributed by atoms with E-state index in [-0.39, 0.29) is 11.7 Å². The van der Waals surface area contributed by atoms with Crippen molar-refractivity contribution in [2.24, 2.45) is 7.05 Å². The molecule has 36 heavy (non-hydrogen) atoms. The van der Waals surface area contributed by atoms with Crippen molar-refractivity contribution in [3.05, 3.63) is 90.3 Å². The number of benzene rings is 2. The number of pyridine rings is 1. The van der Waals surface area contributed by atoms with Crippen LogP contribution in [0.15, 0.2) is 84.3 Å². The van der Waals surface area contributed by atoms with Crippen molar-refractivity contribution in [1.29, 1.82) is 0 Å². The van der Waals surface area contributed by atoms with E-state index in [1.807, 2.05) is 60.1 Å². The minimum Gasteiger partial charge on any atom is -0.310 e. The molecular weight excluding hydrogens is 470 g/mol. The monoisotopic (exact) mass is 495 g/mol. The summed E-state index contributed by atoms with van der Waals surface area (Å²) in [5.74, 6) is 1.33. The minimum absolute atomic E-state index is 0.157. The Morgan fingerprint density at radius 1 is 1.00 bits per heavy atom. The number of aromatic nitrogens is 6. The average molecular weight is 496 g/mol. The summed E-state index contributed by atoms with van der Waals surface area (Å²) in [6.45, 7) is 4.12. The van der Waals surface area contributed by atoms with Crippen molar-refractivity contribution in [2.45, 2.75) is 19.0 Å². The molecule has 0 saturated carbocycles. The van der Waals surface area contributed by atoms with Gasteiger partial charge in [-0.2, -0.15) is 5.10 Å². The Morgan fingerprint density at radius 2 is 1.83 bits per heavy atom. The third-order valence-corrected chi connectivity index (χ3v) is 6.75. The van der Waals surface area contributed by atoms with Gasteiger partial charge < -0.3 is 9.88 Å². The Labute approximate surface area is 213 Å². The maximum atomic E-state index is 13.0. The Hall–Kier alpha value is -4.24. The summed E-state index contributed by atoms with van der Waals surface area (Å²) in [6.07, 6.45) is 3.45. The zero-order valence-corrected chi connectivity index (χ0v) is 21.0. The molecule has 0 spiro atoms. The maximum Gasteiger partial charge on any atom is 0.236 e. The number of nitrogens with zero attached hydrogens (tertiary/aromatic N) is 6. The topological polar surface area (TPSA) is 90.5 Å². The molecule has 1 amide bonds. The van der Waals surface area contributed by atoms with Gasteiger partial charge in [0, 0.05) is 36.6 Å². The molecule has 9 heteroatoms. The Morgan fingerprint density at radius 3 is 2.61 bits per heavy atom. The van der Waals surface area contributed by atoms with E-state index in [0.29, 0.717) is 16.8 Å². The second-order valence-electron chi connectivity index (χ2n) is 8.42. The van der Waals surface area contributed by atoms with Crippen LogP contribution in [0, 0.1) is 13.8 Å². The van der Waals surface area contributed by atoms with Crippen LogP contribution in [0.2, 0.25) is 0 Å². The molecule has 3 heterocycles. The Bertz CT molecular complexity index is 1510. The lowest BCUT2D eigenvalue weighted by Gasteiger charge is -2.09. The normalized spacial score (nSPS) is 11.0. The van der Waals surface area contributed by atoms with Gasteiger partial charge in [0.1, 0.15) is 5.82 Å². The lowest BCUT2D eigenvalue weighted by Crippen LogP contribution is -2.17. The number of aryl methyl sites for hydroxylation is 2. The Balaban J connectivity index is 1.37. The lowest BCUT2D eigenvalue weighted by molar-refractivity contribution is -0.113. The molecule has 1 N–H and O–H groups in total. The molecule has 5 aromatic rings. The van der Waals surface area contributed by atoms with Gasteiger partial charge in [-0.15, -0.1) is 10.2 Å². The predicted molar refractivity (Wildman–Crippen MR) is 142 cm³/mol. The van der Waals surface area contributed by atoms with Crippen LogP contribution in [0.25, 0.3) is 28.3 Å². The minimum atomic E-state index is -0.157. The third kappa shape index (κ3) is 4.92. The molecule has 0 unspecified atom stereocenters. The molecule has 0 aliphatic rings. The second kappa shape index (κ2) is 10.2. The first-order valence-electron chi connectivity index (χ1n) is 11.4. The van der Waals surface area contributed by atoms with Crippen LogP contribution in [0.5, 0.6) is 0 Å². The number of carbonyl (C=O) groups is 1. The molecule has 0 aliphatic carbocycles. The summed E-state index contributed by atoms with van der Waals surface area (Å²) >= 11 is 1.33. The number of hydrogen-bond donors (Lipinski definition) is 1. The molecule has 8 nitrogen and oxygen atoms in total. The van der Waals surface area contributed by atoms with E-state index in [4.69, 9.17) is 5.10 Å². The fraction of sp³-hybridized carbons (Fsp3) is 0.148. The first-order valence-corrected chi connectivity index (χ1v) is 12.4. The van der Waals surface area contributed by atoms with Gasteiger partial charge in [-0.05, 0) is 49.7 Å². The quantitative estimate of drug-likeness (QED) is 0.317. The highest BCUT2D eigenvalue weighted by Crippen LogP contribution is 2.28. The lowest BCUT2D eigenvalue weighted by atomic mass is 10.0. The van der Waals surface area contributed by atoms with Crippen LogP contribution < -0.4 is 5.32 Å². The van der Waals surface area contributed by atoms with Crippen molar-refractivity contribution in [2.75, 3.05) is 11.1 Å². The summed E-state index contributed by atoms with van der Waals surface area (Å²) < 4.78 is 3.63. The molecule has 0 bridgehead atoms. The van der Waals surface area contributed by atoms with E-state index in [0.717, 1.165) is 33.6 Å². The SMILES string of the molecule is Cc1ccc(C)c(-c2cc(NC(=O)CSc3nnc(-c4cccnc4)n3C)n(-c3ccccc3)n2)c1. The van der Waals surface area contributed by atoms with Gasteiger partial charge in [0.15, 0.2) is 11.0 Å². The Kier molecular flexibility index (Phi) is 6.64. The summed E-state index contributed by atoms with van der Waals surface area (Å²) in [6, 6.07) is 21.8. The molecule has 0 radical (unpaired) electrons. The van der Waals surface area contributed by atoms with Crippen LogP contribution in [0.4, 0.5) is 5.82 Å².